The normalized spacial score (nSPS) is 18.2. The summed E-state index contributed by atoms with van der Waals surface area (Å²) < 4.78 is 2.26. The van der Waals surface area contributed by atoms with E-state index in [-0.39, 0.29) is 29.4 Å². The van der Waals surface area contributed by atoms with Gasteiger partial charge in [0.15, 0.2) is 11.8 Å². The third-order valence-electron chi connectivity index (χ3n) is 6.11. The summed E-state index contributed by atoms with van der Waals surface area (Å²) in [7, 11) is 1.83. The molecule has 4 rings (SSSR count). The first kappa shape index (κ1) is 21.1. The van der Waals surface area contributed by atoms with E-state index in [1.165, 1.54) is 44.1 Å². The predicted octanol–water partition coefficient (Wildman–Crippen LogP) is 3.41. The molecule has 152 valence electrons. The molecule has 0 spiro atoms. The lowest BCUT2D eigenvalue weighted by atomic mass is 9.79. The van der Waals surface area contributed by atoms with Crippen molar-refractivity contribution >= 4 is 29.9 Å². The monoisotopic (exact) mass is 494 g/mol. The van der Waals surface area contributed by atoms with E-state index >= 15 is 0 Å². The first-order valence-electron chi connectivity index (χ1n) is 10.2. The van der Waals surface area contributed by atoms with Gasteiger partial charge in [0, 0.05) is 32.0 Å². The first-order chi connectivity index (χ1) is 13.3. The molecule has 7 heteroatoms. The van der Waals surface area contributed by atoms with Gasteiger partial charge in [-0.2, -0.15) is 0 Å². The summed E-state index contributed by atoms with van der Waals surface area (Å²) in [6, 6.07) is 10.9. The maximum atomic E-state index is 4.42. The highest BCUT2D eigenvalue weighted by Gasteiger charge is 2.35. The molecule has 28 heavy (non-hydrogen) atoms. The minimum Gasteiger partial charge on any atom is -0.356 e. The Morgan fingerprint density at radius 2 is 1.86 bits per heavy atom. The molecule has 1 fully saturated rings. The molecule has 1 saturated carbocycles. The number of halogens is 1. The van der Waals surface area contributed by atoms with Crippen LogP contribution in [0.3, 0.4) is 0 Å². The van der Waals surface area contributed by atoms with E-state index in [4.69, 9.17) is 0 Å². The van der Waals surface area contributed by atoms with Crippen LogP contribution in [0.5, 0.6) is 0 Å². The lowest BCUT2D eigenvalue weighted by Gasteiger charge is -2.30. The van der Waals surface area contributed by atoms with Gasteiger partial charge in [-0.25, -0.2) is 0 Å². The summed E-state index contributed by atoms with van der Waals surface area (Å²) in [5, 5.41) is 15.7. The second-order valence-electron chi connectivity index (χ2n) is 7.77. The number of aromatic nitrogens is 3. The third-order valence-corrected chi connectivity index (χ3v) is 6.11. The molecule has 1 aliphatic carbocycles. The second kappa shape index (κ2) is 9.71. The zero-order valence-corrected chi connectivity index (χ0v) is 19.0. The minimum absolute atomic E-state index is 0. The van der Waals surface area contributed by atoms with Gasteiger partial charge >= 0.3 is 0 Å². The van der Waals surface area contributed by atoms with Crippen molar-refractivity contribution in [1.29, 1.82) is 0 Å². The zero-order valence-electron chi connectivity index (χ0n) is 16.7. The average Bonchev–Trinajstić information content (AvgIpc) is 3.37. The molecule has 0 bridgehead atoms. The van der Waals surface area contributed by atoms with Gasteiger partial charge < -0.3 is 15.2 Å². The van der Waals surface area contributed by atoms with E-state index in [0.717, 1.165) is 37.1 Å². The number of nitrogens with one attached hydrogen (secondary N) is 2. The van der Waals surface area contributed by atoms with Crippen molar-refractivity contribution in [3.63, 3.8) is 0 Å². The lowest BCUT2D eigenvalue weighted by Crippen LogP contribution is -2.44. The molecule has 2 aliphatic rings. The van der Waals surface area contributed by atoms with E-state index < -0.39 is 0 Å². The Hall–Kier alpha value is -1.64. The Balaban J connectivity index is 0.00000225. The van der Waals surface area contributed by atoms with Crippen LogP contribution in [0.4, 0.5) is 0 Å². The number of hydrogen-bond acceptors (Lipinski definition) is 3. The SMILES string of the molecule is CN=C(NCc1nnc2n1CCCC2)NCC1(c2ccccc2)CCCC1.I. The smallest absolute Gasteiger partial charge is 0.191 e. The van der Waals surface area contributed by atoms with Crippen LogP contribution in [-0.4, -0.2) is 34.3 Å². The van der Waals surface area contributed by atoms with Gasteiger partial charge in [-0.3, -0.25) is 4.99 Å². The fourth-order valence-corrected chi connectivity index (χ4v) is 4.55. The van der Waals surface area contributed by atoms with E-state index in [2.05, 4.69) is 60.7 Å². The molecular weight excluding hydrogens is 463 g/mol. The standard InChI is InChI=1S/C21H30N6.HI/c1-22-20(23-15-19-26-25-18-11-5-8-14-27(18)19)24-16-21(12-6-7-13-21)17-9-3-2-4-10-17;/h2-4,9-10H,5-8,11-16H2,1H3,(H2,22,23,24);1H. The van der Waals surface area contributed by atoms with Crippen molar-refractivity contribution in [2.24, 2.45) is 4.99 Å². The van der Waals surface area contributed by atoms with Gasteiger partial charge in [-0.15, -0.1) is 34.2 Å². The number of nitrogens with zero attached hydrogens (tertiary/aromatic N) is 4. The van der Waals surface area contributed by atoms with Crippen molar-refractivity contribution in [2.75, 3.05) is 13.6 Å². The number of aryl methyl sites for hydroxylation is 1. The summed E-state index contributed by atoms with van der Waals surface area (Å²) >= 11 is 0. The van der Waals surface area contributed by atoms with Crippen molar-refractivity contribution in [3.05, 3.63) is 47.5 Å². The first-order valence-corrected chi connectivity index (χ1v) is 10.2. The largest absolute Gasteiger partial charge is 0.356 e. The fourth-order valence-electron chi connectivity index (χ4n) is 4.55. The Morgan fingerprint density at radius 3 is 2.61 bits per heavy atom. The van der Waals surface area contributed by atoms with Gasteiger partial charge in [-0.05, 0) is 31.2 Å². The van der Waals surface area contributed by atoms with Crippen LogP contribution in [0.1, 0.15) is 55.7 Å². The van der Waals surface area contributed by atoms with Crippen LogP contribution < -0.4 is 10.6 Å². The third kappa shape index (κ3) is 4.50. The molecule has 2 aromatic rings. The van der Waals surface area contributed by atoms with Crippen LogP contribution in [0, 0.1) is 0 Å². The molecule has 1 aliphatic heterocycles. The molecule has 0 amide bonds. The Kier molecular flexibility index (Phi) is 7.31. The van der Waals surface area contributed by atoms with Crippen molar-refractivity contribution in [1.82, 2.24) is 25.4 Å². The van der Waals surface area contributed by atoms with Gasteiger partial charge in [0.25, 0.3) is 0 Å². The summed E-state index contributed by atoms with van der Waals surface area (Å²) in [5.74, 6) is 2.96. The van der Waals surface area contributed by atoms with E-state index in [9.17, 15) is 0 Å². The molecule has 6 nitrogen and oxygen atoms in total. The predicted molar refractivity (Wildman–Crippen MR) is 123 cm³/mol. The maximum absolute atomic E-state index is 4.42. The molecule has 0 saturated heterocycles. The minimum atomic E-state index is 0. The molecule has 0 radical (unpaired) electrons. The van der Waals surface area contributed by atoms with Gasteiger partial charge in [0.05, 0.1) is 6.54 Å². The van der Waals surface area contributed by atoms with Crippen LogP contribution in [0.25, 0.3) is 0 Å². The zero-order chi connectivity index (χ0) is 18.5. The van der Waals surface area contributed by atoms with Crippen LogP contribution in [0.2, 0.25) is 0 Å². The lowest BCUT2D eigenvalue weighted by molar-refractivity contribution is 0.431. The number of benzene rings is 1. The van der Waals surface area contributed by atoms with Gasteiger partial charge in [-0.1, -0.05) is 43.2 Å². The van der Waals surface area contributed by atoms with Gasteiger partial charge in [0.2, 0.25) is 0 Å². The van der Waals surface area contributed by atoms with Crippen LogP contribution in [-0.2, 0) is 24.9 Å². The summed E-state index contributed by atoms with van der Waals surface area (Å²) in [6.45, 7) is 2.60. The molecule has 0 atom stereocenters. The molecule has 2 N–H and O–H groups in total. The summed E-state index contributed by atoms with van der Waals surface area (Å²) in [5.41, 5.74) is 1.66. The van der Waals surface area contributed by atoms with Crippen LogP contribution >= 0.6 is 24.0 Å². The Morgan fingerprint density at radius 1 is 1.07 bits per heavy atom. The van der Waals surface area contributed by atoms with Crippen molar-refractivity contribution in [3.8, 4) is 0 Å². The number of fused-ring (bicyclic) bond motifs is 1. The quantitative estimate of drug-likeness (QED) is 0.380. The van der Waals surface area contributed by atoms with Crippen molar-refractivity contribution in [2.45, 2.75) is 63.5 Å². The molecule has 2 heterocycles. The number of hydrogen-bond donors (Lipinski definition) is 2. The average molecular weight is 494 g/mol. The highest BCUT2D eigenvalue weighted by molar-refractivity contribution is 14.0. The second-order valence-corrected chi connectivity index (χ2v) is 7.77. The fraction of sp³-hybridized carbons (Fsp3) is 0.571. The number of aliphatic imine (C=N–C) groups is 1. The van der Waals surface area contributed by atoms with E-state index in [1.807, 2.05) is 7.05 Å². The maximum Gasteiger partial charge on any atom is 0.191 e. The molecule has 1 aromatic heterocycles. The van der Waals surface area contributed by atoms with Gasteiger partial charge in [0.1, 0.15) is 5.82 Å². The Labute approximate surface area is 184 Å². The molecule has 0 unspecified atom stereocenters. The Bertz CT molecular complexity index is 779. The number of guanidine groups is 1. The highest BCUT2D eigenvalue weighted by atomic mass is 127. The van der Waals surface area contributed by atoms with Crippen molar-refractivity contribution < 1.29 is 0 Å². The highest BCUT2D eigenvalue weighted by Crippen LogP contribution is 2.40. The molecule has 1 aromatic carbocycles. The van der Waals surface area contributed by atoms with E-state index in [1.54, 1.807) is 0 Å². The summed E-state index contributed by atoms with van der Waals surface area (Å²) in [6.07, 6.45) is 8.54. The number of rotatable bonds is 5. The van der Waals surface area contributed by atoms with E-state index in [0.29, 0.717) is 6.54 Å². The topological polar surface area (TPSA) is 67.1 Å². The van der Waals surface area contributed by atoms with Crippen LogP contribution in [0.15, 0.2) is 35.3 Å². The molecular formula is C21H31IN6. The summed E-state index contributed by atoms with van der Waals surface area (Å²) in [4.78, 5) is 4.42.